The van der Waals surface area contributed by atoms with Gasteiger partial charge in [0.25, 0.3) is 0 Å². The predicted molar refractivity (Wildman–Crippen MR) is 73.9 cm³/mol. The first-order valence-corrected chi connectivity index (χ1v) is 6.83. The van der Waals surface area contributed by atoms with Crippen molar-refractivity contribution in [2.75, 3.05) is 26.3 Å². The number of β-amino-alcohol motifs (C(OH)–C–C–N with tert-alkyl or cyclic N) is 1. The average molecular weight is 317 g/mol. The summed E-state index contributed by atoms with van der Waals surface area (Å²) in [5, 5.41) is 12.9. The molecule has 1 aliphatic heterocycles. The van der Waals surface area contributed by atoms with Crippen molar-refractivity contribution >= 4 is 0 Å². The van der Waals surface area contributed by atoms with E-state index in [9.17, 15) is 13.2 Å². The molecule has 0 bridgehead atoms. The molecule has 0 amide bonds. The van der Waals surface area contributed by atoms with Gasteiger partial charge in [0.15, 0.2) is 6.61 Å². The molecule has 1 N–H and O–H groups in total. The van der Waals surface area contributed by atoms with Gasteiger partial charge < -0.3 is 14.9 Å². The van der Waals surface area contributed by atoms with Gasteiger partial charge in [0.05, 0.1) is 13.2 Å². The number of hydrazine groups is 1. The third kappa shape index (κ3) is 4.60. The van der Waals surface area contributed by atoms with Crippen molar-refractivity contribution in [1.82, 2.24) is 15.0 Å². The van der Waals surface area contributed by atoms with Crippen LogP contribution >= 0.6 is 0 Å². The first kappa shape index (κ1) is 16.6. The summed E-state index contributed by atoms with van der Waals surface area (Å²) in [5.41, 5.74) is 1.42. The number of aliphatic hydroxyl groups excluding tert-OH is 1. The Kier molecular flexibility index (Phi) is 5.25. The van der Waals surface area contributed by atoms with Crippen molar-refractivity contribution in [2.45, 2.75) is 19.6 Å². The van der Waals surface area contributed by atoms with Crippen LogP contribution in [0, 0.1) is 6.92 Å². The van der Waals surface area contributed by atoms with Crippen molar-refractivity contribution in [1.29, 1.82) is 0 Å². The summed E-state index contributed by atoms with van der Waals surface area (Å²) in [7, 11) is 0. The molecule has 0 saturated heterocycles. The number of aromatic nitrogens is 1. The topological polar surface area (TPSA) is 48.8 Å². The van der Waals surface area contributed by atoms with Gasteiger partial charge in [-0.1, -0.05) is 6.08 Å². The van der Waals surface area contributed by atoms with Crippen LogP contribution in [0.15, 0.2) is 24.5 Å². The maximum absolute atomic E-state index is 12.1. The molecule has 2 rings (SSSR count). The third-order valence-electron chi connectivity index (χ3n) is 3.11. The summed E-state index contributed by atoms with van der Waals surface area (Å²) >= 11 is 0. The maximum atomic E-state index is 12.1. The Morgan fingerprint density at radius 3 is 2.82 bits per heavy atom. The molecule has 1 aromatic rings. The highest BCUT2D eigenvalue weighted by atomic mass is 19.4. The zero-order valence-corrected chi connectivity index (χ0v) is 12.2. The van der Waals surface area contributed by atoms with Crippen LogP contribution in [-0.4, -0.2) is 52.6 Å². The highest BCUT2D eigenvalue weighted by Gasteiger charge is 2.29. The van der Waals surface area contributed by atoms with Crippen LogP contribution in [0.2, 0.25) is 0 Å². The van der Waals surface area contributed by atoms with Gasteiger partial charge in [0.1, 0.15) is 0 Å². The summed E-state index contributed by atoms with van der Waals surface area (Å²) in [5.74, 6) is -0.00663. The van der Waals surface area contributed by atoms with Crippen LogP contribution in [0.5, 0.6) is 5.88 Å². The SMILES string of the molecule is Cc1cc(CN2CC=CN2CCO)cnc1OCC(F)(F)F. The van der Waals surface area contributed by atoms with Crippen molar-refractivity contribution in [3.05, 3.63) is 35.7 Å². The third-order valence-corrected chi connectivity index (χ3v) is 3.11. The Morgan fingerprint density at radius 1 is 1.41 bits per heavy atom. The van der Waals surface area contributed by atoms with E-state index in [4.69, 9.17) is 5.11 Å². The Bertz CT molecular complexity index is 535. The molecule has 0 unspecified atom stereocenters. The normalized spacial score (nSPS) is 15.6. The van der Waals surface area contributed by atoms with Gasteiger partial charge in [-0.05, 0) is 18.6 Å². The first-order valence-electron chi connectivity index (χ1n) is 6.83. The smallest absolute Gasteiger partial charge is 0.422 e. The lowest BCUT2D eigenvalue weighted by atomic mass is 10.2. The van der Waals surface area contributed by atoms with E-state index in [1.54, 1.807) is 13.0 Å². The van der Waals surface area contributed by atoms with Gasteiger partial charge in [0.2, 0.25) is 5.88 Å². The van der Waals surface area contributed by atoms with Crippen molar-refractivity contribution in [3.8, 4) is 5.88 Å². The minimum Gasteiger partial charge on any atom is -0.468 e. The van der Waals surface area contributed by atoms with Crippen LogP contribution in [-0.2, 0) is 6.54 Å². The molecule has 0 atom stereocenters. The molecule has 122 valence electrons. The Labute approximate surface area is 126 Å². The molecule has 22 heavy (non-hydrogen) atoms. The Balaban J connectivity index is 1.97. The number of aryl methyl sites for hydroxylation is 1. The van der Waals surface area contributed by atoms with Crippen molar-refractivity contribution in [3.63, 3.8) is 0 Å². The summed E-state index contributed by atoms with van der Waals surface area (Å²) in [6.45, 7) is 2.13. The summed E-state index contributed by atoms with van der Waals surface area (Å²) in [4.78, 5) is 3.96. The molecule has 0 fully saturated rings. The summed E-state index contributed by atoms with van der Waals surface area (Å²) in [6, 6.07) is 1.76. The zero-order chi connectivity index (χ0) is 16.2. The zero-order valence-electron chi connectivity index (χ0n) is 12.2. The second-order valence-corrected chi connectivity index (χ2v) is 4.99. The minimum atomic E-state index is -4.38. The van der Waals surface area contributed by atoms with Gasteiger partial charge in [-0.2, -0.15) is 13.2 Å². The molecule has 0 aromatic carbocycles. The fourth-order valence-corrected chi connectivity index (χ4v) is 2.18. The van der Waals surface area contributed by atoms with Gasteiger partial charge in [-0.3, -0.25) is 0 Å². The highest BCUT2D eigenvalue weighted by Crippen LogP contribution is 2.21. The molecular weight excluding hydrogens is 299 g/mol. The van der Waals surface area contributed by atoms with Crippen molar-refractivity contribution < 1.29 is 23.0 Å². The molecule has 1 aromatic heterocycles. The molecule has 5 nitrogen and oxygen atoms in total. The van der Waals surface area contributed by atoms with Crippen molar-refractivity contribution in [2.24, 2.45) is 0 Å². The van der Waals surface area contributed by atoms with E-state index in [2.05, 4.69) is 9.72 Å². The molecule has 8 heteroatoms. The van der Waals surface area contributed by atoms with E-state index in [1.807, 2.05) is 22.3 Å². The molecule has 0 aliphatic carbocycles. The number of rotatable bonds is 6. The first-order chi connectivity index (χ1) is 10.4. The lowest BCUT2D eigenvalue weighted by Crippen LogP contribution is -2.36. The number of hydrogen-bond acceptors (Lipinski definition) is 5. The van der Waals surface area contributed by atoms with Crippen LogP contribution in [0.4, 0.5) is 13.2 Å². The number of pyridine rings is 1. The number of alkyl halides is 3. The lowest BCUT2D eigenvalue weighted by Gasteiger charge is -2.28. The van der Waals surface area contributed by atoms with Crippen LogP contribution < -0.4 is 4.74 Å². The molecule has 2 heterocycles. The molecular formula is C14H18F3N3O2. The number of hydrogen-bond donors (Lipinski definition) is 1. The van der Waals surface area contributed by atoms with E-state index in [-0.39, 0.29) is 12.5 Å². The van der Waals surface area contributed by atoms with E-state index in [0.717, 1.165) is 5.56 Å². The second kappa shape index (κ2) is 6.97. The Hall–Kier alpha value is -1.80. The summed E-state index contributed by atoms with van der Waals surface area (Å²) < 4.78 is 41.1. The number of halogens is 3. The lowest BCUT2D eigenvalue weighted by molar-refractivity contribution is -0.154. The van der Waals surface area contributed by atoms with Gasteiger partial charge in [-0.25, -0.2) is 9.99 Å². The Morgan fingerprint density at radius 2 is 2.18 bits per heavy atom. The van der Waals surface area contributed by atoms with E-state index < -0.39 is 12.8 Å². The molecule has 0 radical (unpaired) electrons. The largest absolute Gasteiger partial charge is 0.468 e. The number of ether oxygens (including phenoxy) is 1. The van der Waals surface area contributed by atoms with Crippen LogP contribution in [0.3, 0.4) is 0 Å². The second-order valence-electron chi connectivity index (χ2n) is 4.99. The monoisotopic (exact) mass is 317 g/mol. The standard InChI is InChI=1S/C14H18F3N3O2/c1-11-7-12(8-18-13(11)22-10-14(15,16)17)9-20-4-2-3-19(20)5-6-21/h2-3,7-8,21H,4-6,9-10H2,1H3. The van der Waals surface area contributed by atoms with Gasteiger partial charge in [0, 0.05) is 31.0 Å². The van der Waals surface area contributed by atoms with E-state index >= 15 is 0 Å². The predicted octanol–water partition coefficient (Wildman–Crippen LogP) is 1.87. The fraction of sp³-hybridized carbons (Fsp3) is 0.500. The fourth-order valence-electron chi connectivity index (χ4n) is 2.18. The molecule has 0 spiro atoms. The number of aliphatic hydroxyl groups is 1. The van der Waals surface area contributed by atoms with Crippen LogP contribution in [0.25, 0.3) is 0 Å². The maximum Gasteiger partial charge on any atom is 0.422 e. The minimum absolute atomic E-state index is 0.00663. The van der Waals surface area contributed by atoms with Gasteiger partial charge >= 0.3 is 6.18 Å². The van der Waals surface area contributed by atoms with E-state index in [1.165, 1.54) is 6.20 Å². The van der Waals surface area contributed by atoms with Crippen LogP contribution in [0.1, 0.15) is 11.1 Å². The van der Waals surface area contributed by atoms with Gasteiger partial charge in [-0.15, -0.1) is 0 Å². The molecule has 0 saturated carbocycles. The quantitative estimate of drug-likeness (QED) is 0.868. The van der Waals surface area contributed by atoms with E-state index in [0.29, 0.717) is 25.2 Å². The average Bonchev–Trinajstić information content (AvgIpc) is 2.84. The number of nitrogens with zero attached hydrogens (tertiary/aromatic N) is 3. The highest BCUT2D eigenvalue weighted by molar-refractivity contribution is 5.28. The molecule has 1 aliphatic rings. The summed E-state index contributed by atoms with van der Waals surface area (Å²) in [6.07, 6.45) is 0.987.